The quantitative estimate of drug-likeness (QED) is 0.356. The first-order chi connectivity index (χ1) is 16.3. The minimum Gasteiger partial charge on any atom is -0.333 e. The Morgan fingerprint density at radius 2 is 1.85 bits per heavy atom. The van der Waals surface area contributed by atoms with E-state index in [-0.39, 0.29) is 35.1 Å². The smallest absolute Gasteiger partial charge is 0.246 e. The number of carbonyl (C=O) groups is 3. The van der Waals surface area contributed by atoms with Crippen LogP contribution in [0.2, 0.25) is 0 Å². The summed E-state index contributed by atoms with van der Waals surface area (Å²) in [5, 5.41) is 4.75. The fourth-order valence-electron chi connectivity index (χ4n) is 3.01. The predicted octanol–water partition coefficient (Wildman–Crippen LogP) is 4.80. The summed E-state index contributed by atoms with van der Waals surface area (Å²) in [7, 11) is 1.52. The number of nitrogens with zero attached hydrogens (tertiary/aromatic N) is 3. The number of hydrogen-bond acceptors (Lipinski definition) is 6. The van der Waals surface area contributed by atoms with Crippen LogP contribution in [0.25, 0.3) is 6.08 Å². The highest BCUT2D eigenvalue weighted by Crippen LogP contribution is 2.31. The number of thiazole rings is 1. The van der Waals surface area contributed by atoms with Crippen molar-refractivity contribution in [2.24, 2.45) is 0 Å². The molecule has 0 aliphatic carbocycles. The van der Waals surface area contributed by atoms with Crippen molar-refractivity contribution >= 4 is 63.4 Å². The molecule has 1 aromatic heterocycles. The molecule has 0 fully saturated rings. The third-order valence-corrected chi connectivity index (χ3v) is 6.28. The summed E-state index contributed by atoms with van der Waals surface area (Å²) in [5.74, 6) is -1.64. The maximum atomic E-state index is 14.2. The summed E-state index contributed by atoms with van der Waals surface area (Å²) in [6.45, 7) is 1.20. The minimum atomic E-state index is -0.541. The largest absolute Gasteiger partial charge is 0.333 e. The molecule has 34 heavy (non-hydrogen) atoms. The number of anilines is 3. The van der Waals surface area contributed by atoms with Crippen LogP contribution in [-0.4, -0.2) is 47.5 Å². The zero-order chi connectivity index (χ0) is 24.7. The maximum Gasteiger partial charge on any atom is 0.246 e. The second kappa shape index (κ2) is 11.6. The number of para-hydroxylation sites is 2. The molecule has 1 N–H and O–H groups in total. The molecule has 176 valence electrons. The highest BCUT2D eigenvalue weighted by atomic mass is 32.2. The lowest BCUT2D eigenvalue weighted by Crippen LogP contribution is -2.33. The number of hydrogen-bond donors (Lipinski definition) is 1. The second-order valence-corrected chi connectivity index (χ2v) is 8.82. The maximum absolute atomic E-state index is 14.2. The molecule has 1 heterocycles. The summed E-state index contributed by atoms with van der Waals surface area (Å²) in [6, 6.07) is 13.4. The summed E-state index contributed by atoms with van der Waals surface area (Å²) in [5.41, 5.74) is 1.23. The average Bonchev–Trinajstić information content (AvgIpc) is 3.27. The monoisotopic (exact) mass is 498 g/mol. The summed E-state index contributed by atoms with van der Waals surface area (Å²) < 4.78 is 14.2. The van der Waals surface area contributed by atoms with Gasteiger partial charge in [0.2, 0.25) is 17.7 Å². The van der Waals surface area contributed by atoms with Crippen molar-refractivity contribution < 1.29 is 18.8 Å². The second-order valence-electron chi connectivity index (χ2n) is 7.14. The predicted molar refractivity (Wildman–Crippen MR) is 135 cm³/mol. The molecule has 0 bridgehead atoms. The average molecular weight is 499 g/mol. The number of nitrogens with one attached hydrogen (secondary N) is 1. The standard InChI is InChI=1S/C24H23FN4O3S2/c1-16(30)29(20-10-6-4-8-18(20)25)24-26-17(15-34-24)12-13-23(32)28(2)14-22(31)27-19-9-5-7-11-21(19)33-3/h4-13,15H,14H2,1-3H3,(H,27,31)/b13-12+. The van der Waals surface area contributed by atoms with Crippen LogP contribution in [0.1, 0.15) is 12.6 Å². The fraction of sp³-hybridized carbons (Fsp3) is 0.167. The van der Waals surface area contributed by atoms with Crippen molar-refractivity contribution in [1.29, 1.82) is 0 Å². The van der Waals surface area contributed by atoms with Crippen molar-refractivity contribution in [3.63, 3.8) is 0 Å². The topological polar surface area (TPSA) is 82.6 Å². The fourth-order valence-corrected chi connectivity index (χ4v) is 4.41. The molecule has 0 atom stereocenters. The normalized spacial score (nSPS) is 10.8. The molecule has 0 saturated carbocycles. The molecule has 0 aliphatic heterocycles. The van der Waals surface area contributed by atoms with Crippen LogP contribution in [0.4, 0.5) is 20.9 Å². The molecule has 0 radical (unpaired) electrons. The van der Waals surface area contributed by atoms with Gasteiger partial charge in [-0.1, -0.05) is 24.3 Å². The number of amides is 3. The van der Waals surface area contributed by atoms with Gasteiger partial charge in [0.05, 0.1) is 23.6 Å². The van der Waals surface area contributed by atoms with Crippen molar-refractivity contribution in [3.05, 3.63) is 71.5 Å². The van der Waals surface area contributed by atoms with E-state index in [1.54, 1.807) is 17.5 Å². The molecular weight excluding hydrogens is 475 g/mol. The van der Waals surface area contributed by atoms with E-state index < -0.39 is 5.82 Å². The summed E-state index contributed by atoms with van der Waals surface area (Å²) in [4.78, 5) is 44.7. The molecule has 0 saturated heterocycles. The number of benzene rings is 2. The van der Waals surface area contributed by atoms with Gasteiger partial charge in [0.25, 0.3) is 0 Å². The molecule has 3 rings (SSSR count). The van der Waals surface area contributed by atoms with Gasteiger partial charge >= 0.3 is 0 Å². The molecule has 3 amide bonds. The van der Waals surface area contributed by atoms with Crippen LogP contribution in [0, 0.1) is 5.82 Å². The zero-order valence-electron chi connectivity index (χ0n) is 18.8. The zero-order valence-corrected chi connectivity index (χ0v) is 20.5. The van der Waals surface area contributed by atoms with Crippen molar-refractivity contribution in [3.8, 4) is 0 Å². The number of likely N-dealkylation sites (N-methyl/N-ethyl adjacent to an activating group) is 1. The molecule has 0 unspecified atom stereocenters. The first-order valence-corrected chi connectivity index (χ1v) is 12.3. The molecule has 10 heteroatoms. The lowest BCUT2D eigenvalue weighted by atomic mass is 10.3. The van der Waals surface area contributed by atoms with Gasteiger partial charge in [-0.25, -0.2) is 9.37 Å². The van der Waals surface area contributed by atoms with Crippen LogP contribution in [-0.2, 0) is 14.4 Å². The SMILES string of the molecule is CSc1ccccc1NC(=O)CN(C)C(=O)/C=C/c1csc(N(C(C)=O)c2ccccc2F)n1. The molecule has 2 aromatic carbocycles. The van der Waals surface area contributed by atoms with E-state index >= 15 is 0 Å². The van der Waals surface area contributed by atoms with Crippen LogP contribution in [0.15, 0.2) is 64.9 Å². The summed E-state index contributed by atoms with van der Waals surface area (Å²) >= 11 is 2.67. The molecule has 3 aromatic rings. The van der Waals surface area contributed by atoms with Crippen molar-refractivity contribution in [2.75, 3.05) is 30.1 Å². The van der Waals surface area contributed by atoms with E-state index in [2.05, 4.69) is 10.3 Å². The third kappa shape index (κ3) is 6.30. The van der Waals surface area contributed by atoms with Crippen LogP contribution < -0.4 is 10.2 Å². The Kier molecular flexibility index (Phi) is 8.55. The van der Waals surface area contributed by atoms with Crippen molar-refractivity contribution in [1.82, 2.24) is 9.88 Å². The van der Waals surface area contributed by atoms with Gasteiger partial charge in [-0.2, -0.15) is 0 Å². The van der Waals surface area contributed by atoms with Crippen LogP contribution >= 0.6 is 23.1 Å². The molecule has 0 spiro atoms. The van der Waals surface area contributed by atoms with Crippen LogP contribution in [0.3, 0.4) is 0 Å². The Bertz CT molecular complexity index is 1230. The summed E-state index contributed by atoms with van der Waals surface area (Å²) in [6.07, 6.45) is 4.70. The number of halogens is 1. The number of aromatic nitrogens is 1. The van der Waals surface area contributed by atoms with Gasteiger partial charge in [0.1, 0.15) is 5.82 Å². The van der Waals surface area contributed by atoms with Gasteiger partial charge in [0.15, 0.2) is 5.13 Å². The highest BCUT2D eigenvalue weighted by molar-refractivity contribution is 7.98. The van der Waals surface area contributed by atoms with E-state index in [4.69, 9.17) is 0 Å². The minimum absolute atomic E-state index is 0.102. The Labute approximate surface area is 205 Å². The molecule has 7 nitrogen and oxygen atoms in total. The Morgan fingerprint density at radius 1 is 1.15 bits per heavy atom. The lowest BCUT2D eigenvalue weighted by Gasteiger charge is -2.18. The Morgan fingerprint density at radius 3 is 2.56 bits per heavy atom. The number of thioether (sulfide) groups is 1. The van der Waals surface area contributed by atoms with Crippen molar-refractivity contribution in [2.45, 2.75) is 11.8 Å². The van der Waals surface area contributed by atoms with E-state index in [9.17, 15) is 18.8 Å². The van der Waals surface area contributed by atoms with Gasteiger partial charge in [-0.15, -0.1) is 23.1 Å². The highest BCUT2D eigenvalue weighted by Gasteiger charge is 2.20. The lowest BCUT2D eigenvalue weighted by molar-refractivity contribution is -0.129. The van der Waals surface area contributed by atoms with E-state index in [1.807, 2.05) is 24.5 Å². The first kappa shape index (κ1) is 25.1. The third-order valence-electron chi connectivity index (χ3n) is 4.64. The first-order valence-electron chi connectivity index (χ1n) is 10.2. The van der Waals surface area contributed by atoms with Crippen LogP contribution in [0.5, 0.6) is 0 Å². The van der Waals surface area contributed by atoms with E-state index in [0.717, 1.165) is 16.2 Å². The van der Waals surface area contributed by atoms with Gasteiger partial charge in [-0.3, -0.25) is 19.3 Å². The van der Waals surface area contributed by atoms with E-state index in [0.29, 0.717) is 11.4 Å². The number of rotatable bonds is 8. The van der Waals surface area contributed by atoms with Gasteiger partial charge < -0.3 is 10.2 Å². The Hall–Kier alpha value is -3.50. The van der Waals surface area contributed by atoms with Gasteiger partial charge in [0, 0.05) is 30.3 Å². The number of carbonyl (C=O) groups excluding carboxylic acids is 3. The molecular formula is C24H23FN4O3S2. The Balaban J connectivity index is 1.64. The molecule has 0 aliphatic rings. The van der Waals surface area contributed by atoms with Gasteiger partial charge in [-0.05, 0) is 36.6 Å². The van der Waals surface area contributed by atoms with E-state index in [1.165, 1.54) is 65.9 Å².